The third-order valence-electron chi connectivity index (χ3n) is 4.28. The molecule has 2 heteroatoms. The molecule has 0 aromatic heterocycles. The zero-order chi connectivity index (χ0) is 10.0. The SMILES string of the molecule is COC1(OC)CCC1C1CCCCC1. The van der Waals surface area contributed by atoms with Gasteiger partial charge in [-0.3, -0.25) is 0 Å². The van der Waals surface area contributed by atoms with E-state index in [4.69, 9.17) is 9.47 Å². The summed E-state index contributed by atoms with van der Waals surface area (Å²) in [6.45, 7) is 0. The summed E-state index contributed by atoms with van der Waals surface area (Å²) in [6, 6.07) is 0. The van der Waals surface area contributed by atoms with Crippen LogP contribution in [-0.2, 0) is 9.47 Å². The second-order valence-electron chi connectivity index (χ2n) is 4.76. The fraction of sp³-hybridized carbons (Fsp3) is 1.00. The highest BCUT2D eigenvalue weighted by molar-refractivity contribution is 4.94. The van der Waals surface area contributed by atoms with E-state index in [0.717, 1.165) is 12.3 Å². The summed E-state index contributed by atoms with van der Waals surface area (Å²) in [4.78, 5) is 0. The Hall–Kier alpha value is -0.0800. The van der Waals surface area contributed by atoms with Crippen molar-refractivity contribution < 1.29 is 9.47 Å². The Balaban J connectivity index is 1.96. The molecule has 0 aromatic rings. The topological polar surface area (TPSA) is 18.5 Å². The van der Waals surface area contributed by atoms with Gasteiger partial charge in [-0.15, -0.1) is 0 Å². The summed E-state index contributed by atoms with van der Waals surface area (Å²) < 4.78 is 11.1. The molecule has 2 nitrogen and oxygen atoms in total. The monoisotopic (exact) mass is 198 g/mol. The van der Waals surface area contributed by atoms with Crippen LogP contribution in [0.3, 0.4) is 0 Å². The molecule has 2 aliphatic rings. The molecule has 0 heterocycles. The second kappa shape index (κ2) is 4.19. The molecule has 0 spiro atoms. The molecule has 2 saturated carbocycles. The van der Waals surface area contributed by atoms with Gasteiger partial charge in [0.05, 0.1) is 0 Å². The van der Waals surface area contributed by atoms with E-state index in [2.05, 4.69) is 0 Å². The summed E-state index contributed by atoms with van der Waals surface area (Å²) in [6.07, 6.45) is 9.40. The second-order valence-corrected chi connectivity index (χ2v) is 4.76. The molecule has 0 saturated heterocycles. The molecule has 0 N–H and O–H groups in total. The van der Waals surface area contributed by atoms with Crippen molar-refractivity contribution in [1.29, 1.82) is 0 Å². The fourth-order valence-electron chi connectivity index (χ4n) is 3.27. The first-order valence-corrected chi connectivity index (χ1v) is 5.93. The van der Waals surface area contributed by atoms with Crippen molar-refractivity contribution >= 4 is 0 Å². The third-order valence-corrected chi connectivity index (χ3v) is 4.28. The standard InChI is InChI=1S/C12H22O2/c1-13-12(14-2)9-8-11(12)10-6-4-3-5-7-10/h10-11H,3-9H2,1-2H3. The minimum absolute atomic E-state index is 0.220. The van der Waals surface area contributed by atoms with Gasteiger partial charge >= 0.3 is 0 Å². The molecule has 14 heavy (non-hydrogen) atoms. The van der Waals surface area contributed by atoms with Crippen LogP contribution >= 0.6 is 0 Å². The molecule has 2 rings (SSSR count). The largest absolute Gasteiger partial charge is 0.353 e. The highest BCUT2D eigenvalue weighted by atomic mass is 16.7. The highest BCUT2D eigenvalue weighted by Crippen LogP contribution is 2.49. The summed E-state index contributed by atoms with van der Waals surface area (Å²) in [5, 5.41) is 0. The van der Waals surface area contributed by atoms with Crippen LogP contribution in [0.5, 0.6) is 0 Å². The van der Waals surface area contributed by atoms with E-state index in [-0.39, 0.29) is 5.79 Å². The Kier molecular flexibility index (Phi) is 3.13. The molecule has 0 aliphatic heterocycles. The molecule has 82 valence electrons. The maximum atomic E-state index is 5.57. The van der Waals surface area contributed by atoms with Crippen molar-refractivity contribution in [2.75, 3.05) is 14.2 Å². The van der Waals surface area contributed by atoms with Crippen LogP contribution < -0.4 is 0 Å². The number of methoxy groups -OCH3 is 2. The molecule has 0 bridgehead atoms. The lowest BCUT2D eigenvalue weighted by molar-refractivity contribution is -0.299. The van der Waals surface area contributed by atoms with Crippen molar-refractivity contribution in [3.8, 4) is 0 Å². The van der Waals surface area contributed by atoms with Gasteiger partial charge in [0.2, 0.25) is 0 Å². The van der Waals surface area contributed by atoms with Crippen molar-refractivity contribution in [3.63, 3.8) is 0 Å². The lowest BCUT2D eigenvalue weighted by Crippen LogP contribution is -2.53. The van der Waals surface area contributed by atoms with Crippen LogP contribution in [0.15, 0.2) is 0 Å². The first kappa shape index (κ1) is 10.4. The van der Waals surface area contributed by atoms with E-state index in [1.54, 1.807) is 14.2 Å². The van der Waals surface area contributed by atoms with Gasteiger partial charge in [0.1, 0.15) is 0 Å². The van der Waals surface area contributed by atoms with Gasteiger partial charge < -0.3 is 9.47 Å². The van der Waals surface area contributed by atoms with Gasteiger partial charge in [0, 0.05) is 26.6 Å². The van der Waals surface area contributed by atoms with Crippen LogP contribution in [0, 0.1) is 11.8 Å². The zero-order valence-corrected chi connectivity index (χ0v) is 9.42. The van der Waals surface area contributed by atoms with Crippen LogP contribution in [0.25, 0.3) is 0 Å². The molecular weight excluding hydrogens is 176 g/mol. The Morgan fingerprint density at radius 2 is 1.57 bits per heavy atom. The Morgan fingerprint density at radius 1 is 0.929 bits per heavy atom. The zero-order valence-electron chi connectivity index (χ0n) is 9.42. The van der Waals surface area contributed by atoms with Gasteiger partial charge in [-0.2, -0.15) is 0 Å². The minimum Gasteiger partial charge on any atom is -0.353 e. The van der Waals surface area contributed by atoms with Crippen LogP contribution in [0.4, 0.5) is 0 Å². The first-order chi connectivity index (χ1) is 6.82. The summed E-state index contributed by atoms with van der Waals surface area (Å²) in [5.74, 6) is 1.30. The van der Waals surface area contributed by atoms with Gasteiger partial charge in [-0.25, -0.2) is 0 Å². The average molecular weight is 198 g/mol. The highest BCUT2D eigenvalue weighted by Gasteiger charge is 2.51. The third kappa shape index (κ3) is 1.59. The smallest absolute Gasteiger partial charge is 0.170 e. The van der Waals surface area contributed by atoms with Gasteiger partial charge in [0.25, 0.3) is 0 Å². The van der Waals surface area contributed by atoms with Crippen LogP contribution in [0.1, 0.15) is 44.9 Å². The minimum atomic E-state index is -0.220. The summed E-state index contributed by atoms with van der Waals surface area (Å²) >= 11 is 0. The number of ether oxygens (including phenoxy) is 2. The first-order valence-electron chi connectivity index (χ1n) is 5.93. The molecule has 2 fully saturated rings. The fourth-order valence-corrected chi connectivity index (χ4v) is 3.27. The normalized spacial score (nSPS) is 32.6. The van der Waals surface area contributed by atoms with E-state index in [1.807, 2.05) is 0 Å². The van der Waals surface area contributed by atoms with Crippen LogP contribution in [0.2, 0.25) is 0 Å². The maximum absolute atomic E-state index is 5.57. The average Bonchev–Trinajstić information content (AvgIpc) is 2.20. The van der Waals surface area contributed by atoms with E-state index >= 15 is 0 Å². The van der Waals surface area contributed by atoms with Gasteiger partial charge in [-0.1, -0.05) is 19.3 Å². The van der Waals surface area contributed by atoms with E-state index < -0.39 is 0 Å². The maximum Gasteiger partial charge on any atom is 0.170 e. The summed E-state index contributed by atoms with van der Waals surface area (Å²) in [7, 11) is 3.58. The van der Waals surface area contributed by atoms with E-state index in [9.17, 15) is 0 Å². The molecule has 0 amide bonds. The molecule has 2 aliphatic carbocycles. The van der Waals surface area contributed by atoms with Gasteiger partial charge in [-0.05, 0) is 25.2 Å². The molecule has 1 atom stereocenters. The van der Waals surface area contributed by atoms with Crippen molar-refractivity contribution in [2.24, 2.45) is 11.8 Å². The molecule has 1 unspecified atom stereocenters. The predicted octanol–water partition coefficient (Wildman–Crippen LogP) is 2.97. The lowest BCUT2D eigenvalue weighted by atomic mass is 9.66. The molecule has 0 aromatic carbocycles. The quantitative estimate of drug-likeness (QED) is 0.649. The Labute approximate surface area is 87.0 Å². The number of rotatable bonds is 3. The lowest BCUT2D eigenvalue weighted by Gasteiger charge is -2.51. The Morgan fingerprint density at radius 3 is 2.00 bits per heavy atom. The number of hydrogen-bond donors (Lipinski definition) is 0. The van der Waals surface area contributed by atoms with E-state index in [0.29, 0.717) is 5.92 Å². The van der Waals surface area contributed by atoms with Crippen molar-refractivity contribution in [2.45, 2.75) is 50.7 Å². The Bertz CT molecular complexity index is 175. The molecule has 0 radical (unpaired) electrons. The molecular formula is C12H22O2. The van der Waals surface area contributed by atoms with Crippen molar-refractivity contribution in [1.82, 2.24) is 0 Å². The number of hydrogen-bond acceptors (Lipinski definition) is 2. The van der Waals surface area contributed by atoms with Crippen molar-refractivity contribution in [3.05, 3.63) is 0 Å². The predicted molar refractivity (Wildman–Crippen MR) is 56.0 cm³/mol. The van der Waals surface area contributed by atoms with E-state index in [1.165, 1.54) is 38.5 Å². The van der Waals surface area contributed by atoms with Gasteiger partial charge in [0.15, 0.2) is 5.79 Å². The van der Waals surface area contributed by atoms with Crippen LogP contribution in [-0.4, -0.2) is 20.0 Å². The summed E-state index contributed by atoms with van der Waals surface area (Å²) in [5.41, 5.74) is 0.